The van der Waals surface area contributed by atoms with Crippen LogP contribution in [0.3, 0.4) is 0 Å². The van der Waals surface area contributed by atoms with E-state index >= 15 is 0 Å². The minimum Gasteiger partial charge on any atom is -0.389 e. The summed E-state index contributed by atoms with van der Waals surface area (Å²) < 4.78 is 0. The zero-order valence-corrected chi connectivity index (χ0v) is 10.8. The molecule has 5 heteroatoms. The van der Waals surface area contributed by atoms with Crippen molar-refractivity contribution >= 4 is 11.7 Å². The Bertz CT molecular complexity index is 417. The van der Waals surface area contributed by atoms with Gasteiger partial charge in [0.2, 0.25) is 5.91 Å². The van der Waals surface area contributed by atoms with Gasteiger partial charge >= 0.3 is 0 Å². The van der Waals surface area contributed by atoms with Crippen LogP contribution < -0.4 is 10.2 Å². The van der Waals surface area contributed by atoms with Crippen LogP contribution in [0.25, 0.3) is 0 Å². The second-order valence-electron chi connectivity index (χ2n) is 4.59. The van der Waals surface area contributed by atoms with Crippen LogP contribution in [0.5, 0.6) is 0 Å². The SMILES string of the molecule is CNC(=O)C1CCCN1c1ccc([C@@H](C)O)cn1. The average Bonchev–Trinajstić information content (AvgIpc) is 2.87. The molecule has 0 saturated carbocycles. The van der Waals surface area contributed by atoms with Crippen LogP contribution in [0.1, 0.15) is 31.4 Å². The van der Waals surface area contributed by atoms with Crippen molar-refractivity contribution in [2.75, 3.05) is 18.5 Å². The fourth-order valence-electron chi connectivity index (χ4n) is 2.29. The Labute approximate surface area is 107 Å². The van der Waals surface area contributed by atoms with Crippen molar-refractivity contribution in [3.05, 3.63) is 23.9 Å². The normalized spacial score (nSPS) is 20.8. The first-order chi connectivity index (χ1) is 8.63. The van der Waals surface area contributed by atoms with Gasteiger partial charge in [0.05, 0.1) is 6.10 Å². The third kappa shape index (κ3) is 2.46. The smallest absolute Gasteiger partial charge is 0.242 e. The second-order valence-corrected chi connectivity index (χ2v) is 4.59. The van der Waals surface area contributed by atoms with Crippen LogP contribution in [-0.2, 0) is 4.79 Å². The van der Waals surface area contributed by atoms with Gasteiger partial charge in [0.25, 0.3) is 0 Å². The van der Waals surface area contributed by atoms with Crippen molar-refractivity contribution < 1.29 is 9.90 Å². The zero-order valence-electron chi connectivity index (χ0n) is 10.8. The first kappa shape index (κ1) is 12.8. The molecular weight excluding hydrogens is 230 g/mol. The van der Waals surface area contributed by atoms with Crippen LogP contribution in [-0.4, -0.2) is 35.6 Å². The number of pyridine rings is 1. The predicted octanol–water partition coefficient (Wildman–Crippen LogP) is 0.850. The number of carbonyl (C=O) groups is 1. The van der Waals surface area contributed by atoms with Gasteiger partial charge in [-0.15, -0.1) is 0 Å². The molecule has 1 aromatic heterocycles. The molecule has 2 atom stereocenters. The summed E-state index contributed by atoms with van der Waals surface area (Å²) in [5.74, 6) is 0.833. The van der Waals surface area contributed by atoms with Gasteiger partial charge in [-0.3, -0.25) is 4.79 Å². The number of aromatic nitrogens is 1. The van der Waals surface area contributed by atoms with E-state index in [2.05, 4.69) is 10.3 Å². The van der Waals surface area contributed by atoms with E-state index < -0.39 is 6.10 Å². The minimum absolute atomic E-state index is 0.0360. The third-order valence-electron chi connectivity index (χ3n) is 3.35. The lowest BCUT2D eigenvalue weighted by atomic mass is 10.2. The number of aliphatic hydroxyl groups excluding tert-OH is 1. The number of hydrogen-bond donors (Lipinski definition) is 2. The molecule has 1 aliphatic rings. The summed E-state index contributed by atoms with van der Waals surface area (Å²) in [5.41, 5.74) is 0.787. The number of aliphatic hydroxyl groups is 1. The van der Waals surface area contributed by atoms with Crippen molar-refractivity contribution in [1.29, 1.82) is 0 Å². The maximum Gasteiger partial charge on any atom is 0.242 e. The lowest BCUT2D eigenvalue weighted by molar-refractivity contribution is -0.121. The van der Waals surface area contributed by atoms with Gasteiger partial charge in [0, 0.05) is 19.8 Å². The molecule has 2 heterocycles. The fraction of sp³-hybridized carbons (Fsp3) is 0.538. The number of anilines is 1. The van der Waals surface area contributed by atoms with E-state index in [1.807, 2.05) is 17.0 Å². The molecule has 1 aliphatic heterocycles. The van der Waals surface area contributed by atoms with Crippen LogP contribution >= 0.6 is 0 Å². The molecule has 1 unspecified atom stereocenters. The highest BCUT2D eigenvalue weighted by molar-refractivity contribution is 5.85. The molecule has 18 heavy (non-hydrogen) atoms. The van der Waals surface area contributed by atoms with Gasteiger partial charge in [-0.25, -0.2) is 4.98 Å². The van der Waals surface area contributed by atoms with Crippen LogP contribution in [0.15, 0.2) is 18.3 Å². The maximum absolute atomic E-state index is 11.8. The molecule has 0 aliphatic carbocycles. The van der Waals surface area contributed by atoms with Gasteiger partial charge in [0.1, 0.15) is 11.9 Å². The molecule has 1 saturated heterocycles. The summed E-state index contributed by atoms with van der Waals surface area (Å²) in [6, 6.07) is 3.59. The Hall–Kier alpha value is -1.62. The number of nitrogens with zero attached hydrogens (tertiary/aromatic N) is 2. The Morgan fingerprint density at radius 2 is 2.39 bits per heavy atom. The number of likely N-dealkylation sites (N-methyl/N-ethyl adjacent to an activating group) is 1. The van der Waals surface area contributed by atoms with E-state index in [-0.39, 0.29) is 11.9 Å². The minimum atomic E-state index is -0.514. The average molecular weight is 249 g/mol. The van der Waals surface area contributed by atoms with E-state index in [4.69, 9.17) is 0 Å². The number of nitrogens with one attached hydrogen (secondary N) is 1. The van der Waals surface area contributed by atoms with E-state index in [1.54, 1.807) is 20.2 Å². The highest BCUT2D eigenvalue weighted by atomic mass is 16.3. The van der Waals surface area contributed by atoms with Crippen molar-refractivity contribution in [1.82, 2.24) is 10.3 Å². The fourth-order valence-corrected chi connectivity index (χ4v) is 2.29. The van der Waals surface area contributed by atoms with Crippen LogP contribution in [0, 0.1) is 0 Å². The van der Waals surface area contributed by atoms with Crippen molar-refractivity contribution in [2.24, 2.45) is 0 Å². The van der Waals surface area contributed by atoms with Gasteiger partial charge in [-0.05, 0) is 31.4 Å². The highest BCUT2D eigenvalue weighted by Crippen LogP contribution is 2.24. The van der Waals surface area contributed by atoms with Crippen molar-refractivity contribution in [3.63, 3.8) is 0 Å². The molecule has 98 valence electrons. The van der Waals surface area contributed by atoms with E-state index in [1.165, 1.54) is 0 Å². The van der Waals surface area contributed by atoms with E-state index in [9.17, 15) is 9.90 Å². The lowest BCUT2D eigenvalue weighted by Crippen LogP contribution is -2.42. The Morgan fingerprint density at radius 1 is 1.61 bits per heavy atom. The molecule has 2 N–H and O–H groups in total. The summed E-state index contributed by atoms with van der Waals surface area (Å²) in [7, 11) is 1.66. The quantitative estimate of drug-likeness (QED) is 0.833. The van der Waals surface area contributed by atoms with Crippen molar-refractivity contribution in [3.8, 4) is 0 Å². The lowest BCUT2D eigenvalue weighted by Gasteiger charge is -2.24. The van der Waals surface area contributed by atoms with E-state index in [0.29, 0.717) is 0 Å². The van der Waals surface area contributed by atoms with Gasteiger partial charge in [0.15, 0.2) is 0 Å². The number of amides is 1. The molecule has 5 nitrogen and oxygen atoms in total. The first-order valence-electron chi connectivity index (χ1n) is 6.25. The molecular formula is C13H19N3O2. The van der Waals surface area contributed by atoms with Gasteiger partial charge in [-0.2, -0.15) is 0 Å². The molecule has 1 amide bonds. The molecule has 1 fully saturated rings. The van der Waals surface area contributed by atoms with Gasteiger partial charge < -0.3 is 15.3 Å². The summed E-state index contributed by atoms with van der Waals surface area (Å²) in [5, 5.41) is 12.1. The zero-order chi connectivity index (χ0) is 13.1. The molecule has 1 aromatic rings. The number of rotatable bonds is 3. The number of hydrogen-bond acceptors (Lipinski definition) is 4. The summed E-state index contributed by atoms with van der Waals surface area (Å²) in [4.78, 5) is 18.1. The highest BCUT2D eigenvalue weighted by Gasteiger charge is 2.30. The van der Waals surface area contributed by atoms with Crippen LogP contribution in [0.2, 0.25) is 0 Å². The summed E-state index contributed by atoms with van der Waals surface area (Å²) >= 11 is 0. The maximum atomic E-state index is 11.8. The summed E-state index contributed by atoms with van der Waals surface area (Å²) in [6.45, 7) is 2.55. The second kappa shape index (κ2) is 5.35. The molecule has 2 rings (SSSR count). The molecule has 0 radical (unpaired) electrons. The first-order valence-corrected chi connectivity index (χ1v) is 6.25. The predicted molar refractivity (Wildman–Crippen MR) is 69.3 cm³/mol. The van der Waals surface area contributed by atoms with Crippen LogP contribution in [0.4, 0.5) is 5.82 Å². The van der Waals surface area contributed by atoms with Gasteiger partial charge in [-0.1, -0.05) is 6.07 Å². The monoisotopic (exact) mass is 249 g/mol. The van der Waals surface area contributed by atoms with Crippen molar-refractivity contribution in [2.45, 2.75) is 31.9 Å². The Balaban J connectivity index is 2.17. The largest absolute Gasteiger partial charge is 0.389 e. The topological polar surface area (TPSA) is 65.5 Å². The van der Waals surface area contributed by atoms with E-state index in [0.717, 1.165) is 30.8 Å². The molecule has 0 aromatic carbocycles. The Morgan fingerprint density at radius 3 is 2.94 bits per heavy atom. The Kier molecular flexibility index (Phi) is 3.81. The molecule has 0 bridgehead atoms. The summed E-state index contributed by atoms with van der Waals surface area (Å²) in [6.07, 6.45) is 3.01. The third-order valence-corrected chi connectivity index (χ3v) is 3.35. The standard InChI is InChI=1S/C13H19N3O2/c1-9(17)10-5-6-12(15-8-10)16-7-3-4-11(16)13(18)14-2/h5-6,8-9,11,17H,3-4,7H2,1-2H3,(H,14,18)/t9-,11?/m1/s1. The number of carbonyl (C=O) groups excluding carboxylic acids is 1. The molecule has 0 spiro atoms.